The summed E-state index contributed by atoms with van der Waals surface area (Å²) in [6.45, 7) is 6.87. The van der Waals surface area contributed by atoms with E-state index < -0.39 is 0 Å². The molecule has 0 atom stereocenters. The Bertz CT molecular complexity index is 654. The van der Waals surface area contributed by atoms with Gasteiger partial charge in [0, 0.05) is 47.4 Å². The first-order valence-corrected chi connectivity index (χ1v) is 9.97. The smallest absolute Gasteiger partial charge is 0.221 e. The summed E-state index contributed by atoms with van der Waals surface area (Å²) in [5.41, 5.74) is 2.34. The van der Waals surface area contributed by atoms with Crippen LogP contribution in [0.3, 0.4) is 0 Å². The predicted octanol–water partition coefficient (Wildman–Crippen LogP) is 4.98. The van der Waals surface area contributed by atoms with Gasteiger partial charge in [-0.3, -0.25) is 4.79 Å². The van der Waals surface area contributed by atoms with Gasteiger partial charge in [-0.1, -0.05) is 23.7 Å². The average molecular weight is 377 g/mol. The molecule has 0 bridgehead atoms. The molecule has 134 valence electrons. The number of amides is 1. The van der Waals surface area contributed by atoms with Gasteiger partial charge in [-0.2, -0.15) is 0 Å². The van der Waals surface area contributed by atoms with Crippen molar-refractivity contribution in [2.24, 2.45) is 0 Å². The number of rotatable bonds is 9. The molecular weight excluding hydrogens is 352 g/mol. The number of nitrogens with one attached hydrogen (secondary N) is 1. The number of halogens is 1. The summed E-state index contributed by atoms with van der Waals surface area (Å²) >= 11 is 7.53. The van der Waals surface area contributed by atoms with Crippen LogP contribution in [0.15, 0.2) is 53.4 Å². The van der Waals surface area contributed by atoms with Crippen LogP contribution in [0.5, 0.6) is 0 Å². The molecule has 0 spiro atoms. The molecule has 2 rings (SSSR count). The SMILES string of the molecule is CCN(CC)c1ccc(CNC(=O)CCSc2ccc(Cl)cc2)cc1. The minimum atomic E-state index is 0.0780. The molecule has 0 aliphatic carbocycles. The maximum atomic E-state index is 12.0. The average Bonchev–Trinajstić information content (AvgIpc) is 2.64. The predicted molar refractivity (Wildman–Crippen MR) is 109 cm³/mol. The molecule has 0 aliphatic rings. The molecule has 1 N–H and O–H groups in total. The highest BCUT2D eigenvalue weighted by Crippen LogP contribution is 2.21. The summed E-state index contributed by atoms with van der Waals surface area (Å²) in [4.78, 5) is 15.4. The number of carbonyl (C=O) groups is 1. The van der Waals surface area contributed by atoms with Crippen molar-refractivity contribution in [3.63, 3.8) is 0 Å². The van der Waals surface area contributed by atoms with Crippen molar-refractivity contribution in [1.29, 1.82) is 0 Å². The first-order valence-electron chi connectivity index (χ1n) is 8.61. The minimum Gasteiger partial charge on any atom is -0.372 e. The Morgan fingerprint density at radius 1 is 1.04 bits per heavy atom. The highest BCUT2D eigenvalue weighted by Gasteiger charge is 2.04. The third-order valence-electron chi connectivity index (χ3n) is 3.97. The van der Waals surface area contributed by atoms with Crippen LogP contribution >= 0.6 is 23.4 Å². The monoisotopic (exact) mass is 376 g/mol. The lowest BCUT2D eigenvalue weighted by atomic mass is 10.2. The van der Waals surface area contributed by atoms with Crippen LogP contribution in [0.25, 0.3) is 0 Å². The van der Waals surface area contributed by atoms with E-state index >= 15 is 0 Å². The van der Waals surface area contributed by atoms with Crippen molar-refractivity contribution in [2.45, 2.75) is 31.7 Å². The molecule has 0 fully saturated rings. The number of benzene rings is 2. The van der Waals surface area contributed by atoms with Crippen LogP contribution in [-0.2, 0) is 11.3 Å². The zero-order valence-corrected chi connectivity index (χ0v) is 16.4. The highest BCUT2D eigenvalue weighted by molar-refractivity contribution is 7.99. The second-order valence-corrected chi connectivity index (χ2v) is 7.27. The molecule has 25 heavy (non-hydrogen) atoms. The molecule has 0 aromatic heterocycles. The van der Waals surface area contributed by atoms with E-state index in [-0.39, 0.29) is 5.91 Å². The van der Waals surface area contributed by atoms with Gasteiger partial charge in [0.1, 0.15) is 0 Å². The van der Waals surface area contributed by atoms with Crippen LogP contribution in [0, 0.1) is 0 Å². The van der Waals surface area contributed by atoms with E-state index in [1.807, 2.05) is 24.3 Å². The van der Waals surface area contributed by atoms with E-state index in [1.54, 1.807) is 11.8 Å². The molecule has 0 unspecified atom stereocenters. The summed E-state index contributed by atoms with van der Waals surface area (Å²) in [5.74, 6) is 0.836. The maximum absolute atomic E-state index is 12.0. The second-order valence-electron chi connectivity index (χ2n) is 5.67. The third kappa shape index (κ3) is 6.63. The highest BCUT2D eigenvalue weighted by atomic mass is 35.5. The topological polar surface area (TPSA) is 32.3 Å². The van der Waals surface area contributed by atoms with E-state index in [9.17, 15) is 4.79 Å². The number of nitrogens with zero attached hydrogens (tertiary/aromatic N) is 1. The van der Waals surface area contributed by atoms with Crippen molar-refractivity contribution in [1.82, 2.24) is 5.32 Å². The number of carbonyl (C=O) groups excluding carboxylic acids is 1. The molecule has 2 aromatic carbocycles. The summed E-state index contributed by atoms with van der Waals surface area (Å²) < 4.78 is 0. The zero-order valence-electron chi connectivity index (χ0n) is 14.8. The lowest BCUT2D eigenvalue weighted by Gasteiger charge is -2.21. The summed E-state index contributed by atoms with van der Waals surface area (Å²) in [6, 6.07) is 16.1. The first-order chi connectivity index (χ1) is 12.1. The fourth-order valence-electron chi connectivity index (χ4n) is 2.49. The van der Waals surface area contributed by atoms with Crippen molar-refractivity contribution in [2.75, 3.05) is 23.7 Å². The Hall–Kier alpha value is -1.65. The molecule has 0 heterocycles. The van der Waals surface area contributed by atoms with Crippen molar-refractivity contribution in [3.8, 4) is 0 Å². The number of thioether (sulfide) groups is 1. The Kier molecular flexibility index (Phi) is 8.16. The number of anilines is 1. The molecule has 1 amide bonds. The van der Waals surface area contributed by atoms with Gasteiger partial charge in [-0.25, -0.2) is 0 Å². The lowest BCUT2D eigenvalue weighted by molar-refractivity contribution is -0.120. The van der Waals surface area contributed by atoms with Crippen LogP contribution in [-0.4, -0.2) is 24.7 Å². The zero-order chi connectivity index (χ0) is 18.1. The van der Waals surface area contributed by atoms with Crippen LogP contribution in [0.2, 0.25) is 5.02 Å². The maximum Gasteiger partial charge on any atom is 0.221 e. The van der Waals surface area contributed by atoms with Crippen molar-refractivity contribution >= 4 is 35.0 Å². The fraction of sp³-hybridized carbons (Fsp3) is 0.350. The van der Waals surface area contributed by atoms with Gasteiger partial charge >= 0.3 is 0 Å². The molecule has 5 heteroatoms. The molecule has 0 saturated heterocycles. The van der Waals surface area contributed by atoms with Crippen molar-refractivity contribution < 1.29 is 4.79 Å². The third-order valence-corrected chi connectivity index (χ3v) is 5.23. The molecule has 2 aromatic rings. The van der Waals surface area contributed by atoms with Crippen molar-refractivity contribution in [3.05, 3.63) is 59.1 Å². The number of hydrogen-bond donors (Lipinski definition) is 1. The number of hydrogen-bond acceptors (Lipinski definition) is 3. The molecule has 0 radical (unpaired) electrons. The molecule has 3 nitrogen and oxygen atoms in total. The van der Waals surface area contributed by atoms with Gasteiger partial charge in [-0.15, -0.1) is 11.8 Å². The second kappa shape index (κ2) is 10.4. The van der Waals surface area contributed by atoms with Gasteiger partial charge in [0.2, 0.25) is 5.91 Å². The van der Waals surface area contributed by atoms with E-state index in [0.717, 1.165) is 34.3 Å². The van der Waals surface area contributed by atoms with E-state index in [1.165, 1.54) is 5.69 Å². The summed E-state index contributed by atoms with van der Waals surface area (Å²) in [6.07, 6.45) is 0.505. The minimum absolute atomic E-state index is 0.0780. The fourth-order valence-corrected chi connectivity index (χ4v) is 3.47. The normalized spacial score (nSPS) is 10.5. The van der Waals surface area contributed by atoms with Crippen LogP contribution < -0.4 is 10.2 Å². The lowest BCUT2D eigenvalue weighted by Crippen LogP contribution is -2.23. The van der Waals surface area contributed by atoms with Gasteiger partial charge in [0.25, 0.3) is 0 Å². The Morgan fingerprint density at radius 3 is 2.28 bits per heavy atom. The Morgan fingerprint density at radius 2 is 1.68 bits per heavy atom. The first kappa shape index (κ1) is 19.7. The van der Waals surface area contributed by atoms with Crippen LogP contribution in [0.1, 0.15) is 25.8 Å². The van der Waals surface area contributed by atoms with Crippen LogP contribution in [0.4, 0.5) is 5.69 Å². The van der Waals surface area contributed by atoms with E-state index in [4.69, 9.17) is 11.6 Å². The Labute approximate surface area is 159 Å². The molecule has 0 saturated carbocycles. The quantitative estimate of drug-likeness (QED) is 0.626. The van der Waals surface area contributed by atoms with Gasteiger partial charge < -0.3 is 10.2 Å². The standard InChI is InChI=1S/C20H25ClN2OS/c1-3-23(4-2)18-9-5-16(6-10-18)15-22-20(24)13-14-25-19-11-7-17(21)8-12-19/h5-12H,3-4,13-15H2,1-2H3,(H,22,24). The Balaban J connectivity index is 1.71. The van der Waals surface area contributed by atoms with E-state index in [0.29, 0.717) is 13.0 Å². The largest absolute Gasteiger partial charge is 0.372 e. The van der Waals surface area contributed by atoms with E-state index in [2.05, 4.69) is 48.3 Å². The summed E-state index contributed by atoms with van der Waals surface area (Å²) in [7, 11) is 0. The van der Waals surface area contributed by atoms with Gasteiger partial charge in [0.15, 0.2) is 0 Å². The molecular formula is C20H25ClN2OS. The molecule has 0 aliphatic heterocycles. The summed E-state index contributed by atoms with van der Waals surface area (Å²) in [5, 5.41) is 3.71. The van der Waals surface area contributed by atoms with Gasteiger partial charge in [-0.05, 0) is 55.8 Å². The van der Waals surface area contributed by atoms with Gasteiger partial charge in [0.05, 0.1) is 0 Å².